The zero-order chi connectivity index (χ0) is 16.5. The molecular formula is C18H28N2O3. The molecule has 0 unspecified atom stereocenters. The smallest absolute Gasteiger partial charge is 0.317 e. The minimum atomic E-state index is 0.0321. The summed E-state index contributed by atoms with van der Waals surface area (Å²) in [6.45, 7) is 7.30. The van der Waals surface area contributed by atoms with Crippen LogP contribution in [0.2, 0.25) is 0 Å². The molecular weight excluding hydrogens is 292 g/mol. The highest BCUT2D eigenvalue weighted by molar-refractivity contribution is 5.74. The third-order valence-electron chi connectivity index (χ3n) is 3.83. The third kappa shape index (κ3) is 6.59. The number of piperidine rings is 1. The summed E-state index contributed by atoms with van der Waals surface area (Å²) in [5.41, 5.74) is 1.18. The molecule has 0 atom stereocenters. The molecule has 1 aliphatic rings. The minimum Gasteiger partial charge on any atom is -0.376 e. The molecule has 1 fully saturated rings. The van der Waals surface area contributed by atoms with Crippen LogP contribution in [0.5, 0.6) is 0 Å². The van der Waals surface area contributed by atoms with E-state index in [1.54, 1.807) is 0 Å². The van der Waals surface area contributed by atoms with E-state index in [1.807, 2.05) is 36.9 Å². The largest absolute Gasteiger partial charge is 0.376 e. The summed E-state index contributed by atoms with van der Waals surface area (Å²) < 4.78 is 11.5. The Bertz CT molecular complexity index is 457. The number of hydrogen-bond acceptors (Lipinski definition) is 3. The van der Waals surface area contributed by atoms with Gasteiger partial charge in [-0.2, -0.15) is 0 Å². The first kappa shape index (κ1) is 17.8. The highest BCUT2D eigenvalue weighted by Crippen LogP contribution is 2.14. The topological polar surface area (TPSA) is 50.8 Å². The summed E-state index contributed by atoms with van der Waals surface area (Å²) in [6, 6.07) is 10.3. The van der Waals surface area contributed by atoms with Gasteiger partial charge < -0.3 is 19.7 Å². The van der Waals surface area contributed by atoms with Crippen LogP contribution in [-0.2, 0) is 16.1 Å². The first-order chi connectivity index (χ1) is 11.1. The van der Waals surface area contributed by atoms with Crippen molar-refractivity contribution < 1.29 is 14.3 Å². The molecule has 2 rings (SSSR count). The summed E-state index contributed by atoms with van der Waals surface area (Å²) in [4.78, 5) is 13.8. The molecule has 0 spiro atoms. The Balaban J connectivity index is 1.54. The van der Waals surface area contributed by atoms with Crippen molar-refractivity contribution >= 4 is 6.03 Å². The van der Waals surface area contributed by atoms with Crippen molar-refractivity contribution in [2.75, 3.05) is 26.3 Å². The van der Waals surface area contributed by atoms with Gasteiger partial charge in [0.1, 0.15) is 0 Å². The Morgan fingerprint density at radius 1 is 1.22 bits per heavy atom. The van der Waals surface area contributed by atoms with Crippen molar-refractivity contribution in [1.29, 1.82) is 0 Å². The number of rotatable bonds is 7. The molecule has 0 aliphatic carbocycles. The van der Waals surface area contributed by atoms with Crippen molar-refractivity contribution in [2.24, 2.45) is 0 Å². The molecule has 23 heavy (non-hydrogen) atoms. The number of hydrogen-bond donors (Lipinski definition) is 1. The Kier molecular flexibility index (Phi) is 7.36. The van der Waals surface area contributed by atoms with Gasteiger partial charge in [-0.1, -0.05) is 30.3 Å². The second kappa shape index (κ2) is 9.53. The molecule has 1 N–H and O–H groups in total. The van der Waals surface area contributed by atoms with E-state index in [0.717, 1.165) is 25.9 Å². The van der Waals surface area contributed by atoms with E-state index in [9.17, 15) is 4.79 Å². The van der Waals surface area contributed by atoms with Gasteiger partial charge in [0.15, 0.2) is 0 Å². The number of nitrogens with one attached hydrogen (secondary N) is 1. The summed E-state index contributed by atoms with van der Waals surface area (Å²) in [7, 11) is 0. The average Bonchev–Trinajstić information content (AvgIpc) is 2.55. The van der Waals surface area contributed by atoms with Gasteiger partial charge in [0.05, 0.1) is 25.9 Å². The summed E-state index contributed by atoms with van der Waals surface area (Å²) in [5.74, 6) is 0. The number of ether oxygens (including phenoxy) is 2. The molecule has 1 aromatic carbocycles. The number of urea groups is 1. The SMILES string of the molecule is CC(C)NC(=O)N1CCC(OCCOCc2ccccc2)CC1. The summed E-state index contributed by atoms with van der Waals surface area (Å²) in [6.07, 6.45) is 2.02. The molecule has 1 heterocycles. The first-order valence-corrected chi connectivity index (χ1v) is 8.44. The van der Waals surface area contributed by atoms with Crippen molar-refractivity contribution in [1.82, 2.24) is 10.2 Å². The fourth-order valence-electron chi connectivity index (χ4n) is 2.60. The fourth-order valence-corrected chi connectivity index (χ4v) is 2.60. The number of likely N-dealkylation sites (tertiary alicyclic amines) is 1. The highest BCUT2D eigenvalue weighted by Gasteiger charge is 2.23. The van der Waals surface area contributed by atoms with Gasteiger partial charge in [-0.15, -0.1) is 0 Å². The molecule has 128 valence electrons. The number of carbonyl (C=O) groups is 1. The summed E-state index contributed by atoms with van der Waals surface area (Å²) in [5, 5.41) is 2.93. The van der Waals surface area contributed by atoms with E-state index in [2.05, 4.69) is 17.4 Å². The molecule has 1 saturated heterocycles. The highest BCUT2D eigenvalue weighted by atomic mass is 16.5. The van der Waals surface area contributed by atoms with Gasteiger partial charge in [0, 0.05) is 19.1 Å². The maximum absolute atomic E-state index is 11.9. The van der Waals surface area contributed by atoms with E-state index in [0.29, 0.717) is 19.8 Å². The number of amides is 2. The lowest BCUT2D eigenvalue weighted by molar-refractivity contribution is -0.0208. The predicted octanol–water partition coefficient (Wildman–Crippen LogP) is 2.80. The zero-order valence-electron chi connectivity index (χ0n) is 14.2. The Morgan fingerprint density at radius 2 is 1.91 bits per heavy atom. The lowest BCUT2D eigenvalue weighted by Crippen LogP contribution is -2.47. The van der Waals surface area contributed by atoms with E-state index >= 15 is 0 Å². The predicted molar refractivity (Wildman–Crippen MR) is 90.3 cm³/mol. The maximum Gasteiger partial charge on any atom is 0.317 e. The van der Waals surface area contributed by atoms with Crippen molar-refractivity contribution in [3.05, 3.63) is 35.9 Å². The second-order valence-electron chi connectivity index (χ2n) is 6.20. The second-order valence-corrected chi connectivity index (χ2v) is 6.20. The van der Waals surface area contributed by atoms with Crippen LogP contribution in [0.25, 0.3) is 0 Å². The van der Waals surface area contributed by atoms with Crippen molar-refractivity contribution in [2.45, 2.75) is 45.4 Å². The monoisotopic (exact) mass is 320 g/mol. The molecule has 1 aromatic rings. The standard InChI is InChI=1S/C18H28N2O3/c1-15(2)19-18(21)20-10-8-17(9-11-20)23-13-12-22-14-16-6-4-3-5-7-16/h3-7,15,17H,8-14H2,1-2H3,(H,19,21). The van der Waals surface area contributed by atoms with Crippen LogP contribution in [0.3, 0.4) is 0 Å². The number of carbonyl (C=O) groups excluding carboxylic acids is 1. The number of nitrogens with zero attached hydrogens (tertiary/aromatic N) is 1. The van der Waals surface area contributed by atoms with E-state index in [-0.39, 0.29) is 18.2 Å². The Morgan fingerprint density at radius 3 is 2.57 bits per heavy atom. The van der Waals surface area contributed by atoms with Crippen molar-refractivity contribution in [3.63, 3.8) is 0 Å². The Labute approximate surface area is 139 Å². The van der Waals surface area contributed by atoms with Crippen LogP contribution in [0.1, 0.15) is 32.3 Å². The minimum absolute atomic E-state index is 0.0321. The molecule has 0 aromatic heterocycles. The first-order valence-electron chi connectivity index (χ1n) is 8.44. The van der Waals surface area contributed by atoms with Gasteiger partial charge in [-0.25, -0.2) is 4.79 Å². The average molecular weight is 320 g/mol. The molecule has 0 bridgehead atoms. The van der Waals surface area contributed by atoms with Gasteiger partial charge in [0.2, 0.25) is 0 Å². The molecule has 5 heteroatoms. The molecule has 0 radical (unpaired) electrons. The maximum atomic E-state index is 11.9. The van der Waals surface area contributed by atoms with Gasteiger partial charge in [0.25, 0.3) is 0 Å². The lowest BCUT2D eigenvalue weighted by Gasteiger charge is -2.32. The van der Waals surface area contributed by atoms with Gasteiger partial charge in [-0.05, 0) is 32.3 Å². The van der Waals surface area contributed by atoms with Crippen LogP contribution < -0.4 is 5.32 Å². The van der Waals surface area contributed by atoms with E-state index in [4.69, 9.17) is 9.47 Å². The van der Waals surface area contributed by atoms with Crippen LogP contribution >= 0.6 is 0 Å². The van der Waals surface area contributed by atoms with Gasteiger partial charge >= 0.3 is 6.03 Å². The summed E-state index contributed by atoms with van der Waals surface area (Å²) >= 11 is 0. The quantitative estimate of drug-likeness (QED) is 0.786. The van der Waals surface area contributed by atoms with Gasteiger partial charge in [-0.3, -0.25) is 0 Å². The van der Waals surface area contributed by atoms with Crippen LogP contribution in [-0.4, -0.2) is 49.4 Å². The molecule has 1 aliphatic heterocycles. The Hall–Kier alpha value is -1.59. The molecule has 2 amide bonds. The third-order valence-corrected chi connectivity index (χ3v) is 3.83. The van der Waals surface area contributed by atoms with Crippen LogP contribution in [0, 0.1) is 0 Å². The van der Waals surface area contributed by atoms with E-state index < -0.39 is 0 Å². The zero-order valence-corrected chi connectivity index (χ0v) is 14.2. The molecule has 5 nitrogen and oxygen atoms in total. The lowest BCUT2D eigenvalue weighted by atomic mass is 10.1. The van der Waals surface area contributed by atoms with E-state index in [1.165, 1.54) is 5.56 Å². The van der Waals surface area contributed by atoms with Crippen LogP contribution in [0.4, 0.5) is 4.79 Å². The number of benzene rings is 1. The fraction of sp³-hybridized carbons (Fsp3) is 0.611. The van der Waals surface area contributed by atoms with Crippen LogP contribution in [0.15, 0.2) is 30.3 Å². The normalized spacial score (nSPS) is 15.9. The molecule has 0 saturated carbocycles. The van der Waals surface area contributed by atoms with Crippen molar-refractivity contribution in [3.8, 4) is 0 Å².